The predicted octanol–water partition coefficient (Wildman–Crippen LogP) is 2.96. The fourth-order valence-electron chi connectivity index (χ4n) is 2.14. The van der Waals surface area contributed by atoms with E-state index in [1.807, 2.05) is 32.3 Å². The van der Waals surface area contributed by atoms with E-state index in [0.717, 1.165) is 11.1 Å². The first-order valence-electron chi connectivity index (χ1n) is 6.21. The van der Waals surface area contributed by atoms with Crippen molar-refractivity contribution in [3.63, 3.8) is 0 Å². The standard InChI is InChI=1S/C15H15N2O3.BrH/c1-11-6-12(2)9-16(8-11)10-15(18)13-4-3-5-14(7-13)17(19)20;/h3-9H,10H2,1-2H3;1H/q+1;. The first-order valence-corrected chi connectivity index (χ1v) is 6.21. The number of halogens is 1. The number of nitro groups is 1. The maximum Gasteiger partial charge on any atom is 0.270 e. The lowest BCUT2D eigenvalue weighted by Crippen LogP contribution is -2.38. The monoisotopic (exact) mass is 351 g/mol. The van der Waals surface area contributed by atoms with Crippen LogP contribution in [0.4, 0.5) is 5.69 Å². The zero-order valence-corrected chi connectivity index (χ0v) is 13.5. The molecule has 0 atom stereocenters. The number of non-ortho nitro benzene ring substituents is 1. The molecule has 0 spiro atoms. The third-order valence-corrected chi connectivity index (χ3v) is 2.90. The van der Waals surface area contributed by atoms with Gasteiger partial charge in [0.05, 0.1) is 4.92 Å². The average Bonchev–Trinajstić information content (AvgIpc) is 2.37. The fraction of sp³-hybridized carbons (Fsp3) is 0.200. The third-order valence-electron chi connectivity index (χ3n) is 2.90. The molecule has 0 unspecified atom stereocenters. The molecule has 0 saturated heterocycles. The molecule has 21 heavy (non-hydrogen) atoms. The second kappa shape index (κ2) is 7.08. The van der Waals surface area contributed by atoms with Crippen LogP contribution in [0, 0.1) is 24.0 Å². The van der Waals surface area contributed by atoms with E-state index in [4.69, 9.17) is 0 Å². The van der Waals surface area contributed by atoms with Crippen LogP contribution < -0.4 is 4.57 Å². The second-order valence-corrected chi connectivity index (χ2v) is 4.79. The minimum atomic E-state index is -0.499. The maximum absolute atomic E-state index is 12.2. The number of carbonyl (C=O) groups is 1. The van der Waals surface area contributed by atoms with Crippen LogP contribution in [0.3, 0.4) is 0 Å². The number of hydrogen-bond acceptors (Lipinski definition) is 3. The van der Waals surface area contributed by atoms with Crippen molar-refractivity contribution in [2.45, 2.75) is 20.4 Å². The van der Waals surface area contributed by atoms with Crippen LogP contribution in [0.2, 0.25) is 0 Å². The van der Waals surface area contributed by atoms with Gasteiger partial charge in [-0.2, -0.15) is 4.57 Å². The Bertz CT molecular complexity index is 666. The maximum atomic E-state index is 12.2. The summed E-state index contributed by atoms with van der Waals surface area (Å²) in [7, 11) is 0. The molecule has 0 amide bonds. The second-order valence-electron chi connectivity index (χ2n) is 4.79. The Morgan fingerprint density at radius 2 is 1.81 bits per heavy atom. The van der Waals surface area contributed by atoms with Gasteiger partial charge in [-0.3, -0.25) is 14.9 Å². The van der Waals surface area contributed by atoms with E-state index >= 15 is 0 Å². The highest BCUT2D eigenvalue weighted by Crippen LogP contribution is 2.13. The molecule has 6 heteroatoms. The van der Waals surface area contributed by atoms with Crippen molar-refractivity contribution in [1.82, 2.24) is 0 Å². The Morgan fingerprint density at radius 3 is 2.38 bits per heavy atom. The molecule has 1 aromatic carbocycles. The number of aromatic nitrogens is 1. The van der Waals surface area contributed by atoms with Crippen molar-refractivity contribution in [3.05, 3.63) is 69.5 Å². The van der Waals surface area contributed by atoms with Gasteiger partial charge in [-0.25, -0.2) is 0 Å². The lowest BCUT2D eigenvalue weighted by atomic mass is 10.1. The number of rotatable bonds is 4. The summed E-state index contributed by atoms with van der Waals surface area (Å²) in [5.74, 6) is -0.149. The summed E-state index contributed by atoms with van der Waals surface area (Å²) >= 11 is 0. The summed E-state index contributed by atoms with van der Waals surface area (Å²) in [6.45, 7) is 4.09. The smallest absolute Gasteiger partial charge is 0.270 e. The number of ketones is 1. The van der Waals surface area contributed by atoms with E-state index in [1.54, 1.807) is 10.6 Å². The van der Waals surface area contributed by atoms with Crippen molar-refractivity contribution in [1.29, 1.82) is 0 Å². The Balaban J connectivity index is 0.00000220. The minimum Gasteiger partial charge on any atom is -0.287 e. The van der Waals surface area contributed by atoms with Crippen LogP contribution >= 0.6 is 17.0 Å². The molecule has 0 saturated carbocycles. The first kappa shape index (κ1) is 17.0. The van der Waals surface area contributed by atoms with Crippen molar-refractivity contribution >= 4 is 28.5 Å². The van der Waals surface area contributed by atoms with Crippen molar-refractivity contribution < 1.29 is 14.3 Å². The van der Waals surface area contributed by atoms with E-state index < -0.39 is 4.92 Å². The van der Waals surface area contributed by atoms with Crippen LogP contribution in [0.1, 0.15) is 21.5 Å². The Labute approximate surface area is 133 Å². The quantitative estimate of drug-likeness (QED) is 0.368. The normalized spacial score (nSPS) is 9.81. The van der Waals surface area contributed by atoms with Crippen LogP contribution in [0.25, 0.3) is 0 Å². The number of benzene rings is 1. The van der Waals surface area contributed by atoms with E-state index in [0.29, 0.717) is 5.56 Å². The van der Waals surface area contributed by atoms with Gasteiger partial charge in [-0.05, 0) is 19.9 Å². The summed E-state index contributed by atoms with van der Waals surface area (Å²) < 4.78 is 1.80. The van der Waals surface area contributed by atoms with Gasteiger partial charge in [0.1, 0.15) is 0 Å². The Morgan fingerprint density at radius 1 is 1.19 bits per heavy atom. The Hall–Kier alpha value is -2.08. The topological polar surface area (TPSA) is 64.1 Å². The van der Waals surface area contributed by atoms with Crippen molar-refractivity contribution in [2.24, 2.45) is 0 Å². The number of aryl methyl sites for hydroxylation is 2. The van der Waals surface area contributed by atoms with Crippen LogP contribution in [-0.2, 0) is 6.54 Å². The molecule has 2 aromatic rings. The van der Waals surface area contributed by atoms with Gasteiger partial charge < -0.3 is 0 Å². The zero-order valence-electron chi connectivity index (χ0n) is 11.8. The van der Waals surface area contributed by atoms with E-state index in [-0.39, 0.29) is 35.0 Å². The highest BCUT2D eigenvalue weighted by molar-refractivity contribution is 8.93. The van der Waals surface area contributed by atoms with E-state index in [2.05, 4.69) is 0 Å². The summed E-state index contributed by atoms with van der Waals surface area (Å²) in [4.78, 5) is 22.4. The molecule has 0 N–H and O–H groups in total. The van der Waals surface area contributed by atoms with Gasteiger partial charge in [0.2, 0.25) is 12.3 Å². The number of Topliss-reactive ketones (excluding diaryl/α,β-unsaturated/α-hetero) is 1. The van der Waals surface area contributed by atoms with Crippen molar-refractivity contribution in [2.75, 3.05) is 0 Å². The van der Waals surface area contributed by atoms with Crippen LogP contribution in [0.5, 0.6) is 0 Å². The van der Waals surface area contributed by atoms with Gasteiger partial charge in [0.15, 0.2) is 12.4 Å². The zero-order chi connectivity index (χ0) is 14.7. The number of pyridine rings is 1. The molecular weight excluding hydrogens is 336 g/mol. The summed E-state index contributed by atoms with van der Waals surface area (Å²) in [6, 6.07) is 7.83. The number of nitro benzene ring substituents is 1. The molecule has 0 bridgehead atoms. The number of hydrogen-bond donors (Lipinski definition) is 0. The molecule has 1 aromatic heterocycles. The molecule has 2 rings (SSSR count). The molecular formula is C15H16BrN2O3+. The molecule has 1 heterocycles. The number of carbonyl (C=O) groups excluding carboxylic acids is 1. The fourth-order valence-corrected chi connectivity index (χ4v) is 2.14. The summed E-state index contributed by atoms with van der Waals surface area (Å²) in [5.41, 5.74) is 2.42. The lowest BCUT2D eigenvalue weighted by Gasteiger charge is -2.00. The molecule has 0 radical (unpaired) electrons. The van der Waals surface area contributed by atoms with E-state index in [9.17, 15) is 14.9 Å². The van der Waals surface area contributed by atoms with Gasteiger partial charge in [-0.15, -0.1) is 17.0 Å². The van der Waals surface area contributed by atoms with Crippen LogP contribution in [0.15, 0.2) is 42.7 Å². The predicted molar refractivity (Wildman–Crippen MR) is 83.9 cm³/mol. The summed E-state index contributed by atoms with van der Waals surface area (Å²) in [5, 5.41) is 10.7. The molecule has 0 aliphatic carbocycles. The van der Waals surface area contributed by atoms with E-state index in [1.165, 1.54) is 18.2 Å². The van der Waals surface area contributed by atoms with Gasteiger partial charge >= 0.3 is 0 Å². The first-order chi connectivity index (χ1) is 9.45. The third kappa shape index (κ3) is 4.46. The molecule has 110 valence electrons. The van der Waals surface area contributed by atoms with Gasteiger partial charge in [0, 0.05) is 28.8 Å². The molecule has 0 fully saturated rings. The highest BCUT2D eigenvalue weighted by atomic mass is 79.9. The largest absolute Gasteiger partial charge is 0.287 e. The highest BCUT2D eigenvalue weighted by Gasteiger charge is 2.15. The minimum absolute atomic E-state index is 0. The van der Waals surface area contributed by atoms with Crippen LogP contribution in [-0.4, -0.2) is 10.7 Å². The number of nitrogens with zero attached hydrogens (tertiary/aromatic N) is 2. The molecule has 0 aliphatic rings. The average molecular weight is 352 g/mol. The SMILES string of the molecule is Br.Cc1cc(C)c[n+](CC(=O)c2cccc([N+](=O)[O-])c2)c1. The lowest BCUT2D eigenvalue weighted by molar-refractivity contribution is -0.683. The van der Waals surface area contributed by atoms with Gasteiger partial charge in [-0.1, -0.05) is 12.1 Å². The Kier molecular flexibility index (Phi) is 5.72. The van der Waals surface area contributed by atoms with Crippen molar-refractivity contribution in [3.8, 4) is 0 Å². The molecule has 5 nitrogen and oxygen atoms in total. The molecule has 0 aliphatic heterocycles. The van der Waals surface area contributed by atoms with Gasteiger partial charge in [0.25, 0.3) is 5.69 Å². The summed E-state index contributed by atoms with van der Waals surface area (Å²) in [6.07, 6.45) is 3.75.